The molecule has 0 aromatic carbocycles. The van der Waals surface area contributed by atoms with Crippen molar-refractivity contribution < 1.29 is 14.3 Å². The molecule has 0 N–H and O–H groups in total. The Kier molecular flexibility index (Phi) is 3.07. The van der Waals surface area contributed by atoms with E-state index in [-0.39, 0.29) is 5.60 Å². The first-order chi connectivity index (χ1) is 10.7. The second-order valence-electron chi connectivity index (χ2n) is 6.17. The van der Waals surface area contributed by atoms with Crippen molar-refractivity contribution >= 4 is 11.8 Å². The third kappa shape index (κ3) is 2.23. The number of pyridine rings is 1. The van der Waals surface area contributed by atoms with Crippen molar-refractivity contribution in [2.45, 2.75) is 31.9 Å². The summed E-state index contributed by atoms with van der Waals surface area (Å²) in [6, 6.07) is 6.06. The molecule has 2 fully saturated rings. The lowest BCUT2D eigenvalue weighted by molar-refractivity contribution is -0.00198. The molecular formula is C16H19N3O3. The summed E-state index contributed by atoms with van der Waals surface area (Å²) >= 11 is 0. The van der Waals surface area contributed by atoms with E-state index < -0.39 is 6.16 Å². The Bertz CT molecular complexity index is 716. The van der Waals surface area contributed by atoms with Crippen molar-refractivity contribution in [3.8, 4) is 0 Å². The lowest BCUT2D eigenvalue weighted by atomic mass is 9.92. The number of aryl methyl sites for hydroxylation is 1. The summed E-state index contributed by atoms with van der Waals surface area (Å²) in [7, 11) is 0. The number of carbonyl (C=O) groups is 1. The fourth-order valence-corrected chi connectivity index (χ4v) is 3.36. The monoisotopic (exact) mass is 301 g/mol. The molecule has 4 heterocycles. The van der Waals surface area contributed by atoms with Crippen LogP contribution in [0, 0.1) is 6.92 Å². The minimum atomic E-state index is -0.522. The number of likely N-dealkylation sites (tertiary alicyclic amines) is 1. The van der Waals surface area contributed by atoms with Gasteiger partial charge in [-0.15, -0.1) is 0 Å². The molecular weight excluding hydrogens is 282 g/mol. The number of piperidine rings is 1. The molecule has 0 unspecified atom stereocenters. The van der Waals surface area contributed by atoms with Gasteiger partial charge in [-0.1, -0.05) is 6.07 Å². The van der Waals surface area contributed by atoms with Crippen LogP contribution in [0.1, 0.15) is 24.2 Å². The molecule has 1 spiro atoms. The third-order valence-corrected chi connectivity index (χ3v) is 4.72. The predicted octanol–water partition coefficient (Wildman–Crippen LogP) is 2.14. The maximum Gasteiger partial charge on any atom is 0.509 e. The van der Waals surface area contributed by atoms with Crippen molar-refractivity contribution in [2.24, 2.45) is 0 Å². The maximum absolute atomic E-state index is 11.2. The van der Waals surface area contributed by atoms with Crippen molar-refractivity contribution in [2.75, 3.05) is 19.7 Å². The lowest BCUT2D eigenvalue weighted by Gasteiger charge is -2.36. The molecule has 0 aliphatic carbocycles. The number of carbonyl (C=O) groups excluding carboxylic acids is 1. The molecule has 4 rings (SSSR count). The zero-order valence-corrected chi connectivity index (χ0v) is 12.6. The van der Waals surface area contributed by atoms with Gasteiger partial charge in [-0.2, -0.15) is 0 Å². The zero-order chi connectivity index (χ0) is 15.2. The van der Waals surface area contributed by atoms with Crippen LogP contribution in [0.2, 0.25) is 0 Å². The Hall–Kier alpha value is -2.08. The first-order valence-electron chi connectivity index (χ1n) is 7.66. The molecule has 116 valence electrons. The molecule has 22 heavy (non-hydrogen) atoms. The average molecular weight is 301 g/mol. The topological polar surface area (TPSA) is 56.1 Å². The number of aromatic nitrogens is 2. The predicted molar refractivity (Wildman–Crippen MR) is 79.6 cm³/mol. The highest BCUT2D eigenvalue weighted by Crippen LogP contribution is 2.32. The Morgan fingerprint density at radius 1 is 1.32 bits per heavy atom. The van der Waals surface area contributed by atoms with Crippen LogP contribution in [-0.4, -0.2) is 45.7 Å². The van der Waals surface area contributed by atoms with E-state index in [9.17, 15) is 4.79 Å². The van der Waals surface area contributed by atoms with Gasteiger partial charge in [0.2, 0.25) is 0 Å². The molecule has 0 amide bonds. The van der Waals surface area contributed by atoms with Crippen molar-refractivity contribution in [3.05, 3.63) is 35.8 Å². The molecule has 2 aromatic rings. The number of imidazole rings is 1. The summed E-state index contributed by atoms with van der Waals surface area (Å²) in [5.74, 6) is 0. The minimum Gasteiger partial charge on any atom is -0.430 e. The van der Waals surface area contributed by atoms with Crippen LogP contribution in [0.5, 0.6) is 0 Å². The summed E-state index contributed by atoms with van der Waals surface area (Å²) in [5, 5.41) is 0. The van der Waals surface area contributed by atoms with E-state index in [1.807, 2.05) is 18.2 Å². The van der Waals surface area contributed by atoms with Crippen molar-refractivity contribution in [1.82, 2.24) is 14.3 Å². The lowest BCUT2D eigenvalue weighted by Crippen LogP contribution is -2.45. The number of nitrogens with zero attached hydrogens (tertiary/aromatic N) is 3. The highest BCUT2D eigenvalue weighted by atomic mass is 16.8. The van der Waals surface area contributed by atoms with E-state index in [1.165, 1.54) is 5.69 Å². The number of hydrogen-bond acceptors (Lipinski definition) is 5. The molecule has 2 aromatic heterocycles. The van der Waals surface area contributed by atoms with Gasteiger partial charge in [-0.25, -0.2) is 9.78 Å². The summed E-state index contributed by atoms with van der Waals surface area (Å²) < 4.78 is 12.5. The minimum absolute atomic E-state index is 0.387. The fourth-order valence-electron chi connectivity index (χ4n) is 3.36. The Balaban J connectivity index is 1.48. The van der Waals surface area contributed by atoms with Gasteiger partial charge in [0.25, 0.3) is 0 Å². The highest BCUT2D eigenvalue weighted by Gasteiger charge is 2.44. The highest BCUT2D eigenvalue weighted by molar-refractivity contribution is 5.62. The summed E-state index contributed by atoms with van der Waals surface area (Å²) in [5.41, 5.74) is 2.90. The maximum atomic E-state index is 11.2. The number of ether oxygens (including phenoxy) is 2. The molecule has 2 saturated heterocycles. The number of cyclic esters (lactones) is 1. The number of fused-ring (bicyclic) bond motifs is 1. The molecule has 0 atom stereocenters. The van der Waals surface area contributed by atoms with E-state index in [0.717, 1.165) is 43.8 Å². The number of rotatable bonds is 2. The van der Waals surface area contributed by atoms with Gasteiger partial charge in [-0.3, -0.25) is 4.90 Å². The largest absolute Gasteiger partial charge is 0.509 e. The average Bonchev–Trinajstić information content (AvgIpc) is 3.03. The molecule has 0 radical (unpaired) electrons. The molecule has 6 nitrogen and oxygen atoms in total. The Morgan fingerprint density at radius 2 is 2.14 bits per heavy atom. The molecule has 0 saturated carbocycles. The SMILES string of the molecule is Cc1nc2ccccn2c1CN1CCC2(CC1)COC(=O)O2. The van der Waals surface area contributed by atoms with E-state index in [0.29, 0.717) is 6.61 Å². The van der Waals surface area contributed by atoms with Crippen molar-refractivity contribution in [1.29, 1.82) is 0 Å². The second kappa shape index (κ2) is 4.98. The van der Waals surface area contributed by atoms with Gasteiger partial charge < -0.3 is 13.9 Å². The fraction of sp³-hybridized carbons (Fsp3) is 0.500. The smallest absolute Gasteiger partial charge is 0.430 e. The van der Waals surface area contributed by atoms with Crippen LogP contribution in [-0.2, 0) is 16.0 Å². The van der Waals surface area contributed by atoms with E-state index in [4.69, 9.17) is 9.47 Å². The first kappa shape index (κ1) is 13.6. The van der Waals surface area contributed by atoms with Gasteiger partial charge in [0, 0.05) is 38.7 Å². The molecule has 0 bridgehead atoms. The second-order valence-corrected chi connectivity index (χ2v) is 6.17. The van der Waals surface area contributed by atoms with Gasteiger partial charge in [-0.05, 0) is 19.1 Å². The van der Waals surface area contributed by atoms with Crippen LogP contribution in [0.3, 0.4) is 0 Å². The Labute approximate surface area is 128 Å². The van der Waals surface area contributed by atoms with Crippen LogP contribution in [0.4, 0.5) is 4.79 Å². The van der Waals surface area contributed by atoms with Crippen LogP contribution in [0.15, 0.2) is 24.4 Å². The molecule has 6 heteroatoms. The van der Waals surface area contributed by atoms with Gasteiger partial charge in [0.05, 0.1) is 11.4 Å². The molecule has 2 aliphatic rings. The summed E-state index contributed by atoms with van der Waals surface area (Å²) in [6.07, 6.45) is 3.19. The van der Waals surface area contributed by atoms with Crippen LogP contribution in [0.25, 0.3) is 5.65 Å². The summed E-state index contributed by atoms with van der Waals surface area (Å²) in [6.45, 7) is 5.11. The van der Waals surface area contributed by atoms with Gasteiger partial charge in [0.1, 0.15) is 12.3 Å². The third-order valence-electron chi connectivity index (χ3n) is 4.72. The first-order valence-corrected chi connectivity index (χ1v) is 7.66. The quantitative estimate of drug-likeness (QED) is 0.796. The van der Waals surface area contributed by atoms with Crippen molar-refractivity contribution in [3.63, 3.8) is 0 Å². The van der Waals surface area contributed by atoms with Gasteiger partial charge >= 0.3 is 6.16 Å². The normalized spacial score (nSPS) is 21.2. The number of hydrogen-bond donors (Lipinski definition) is 0. The zero-order valence-electron chi connectivity index (χ0n) is 12.6. The Morgan fingerprint density at radius 3 is 2.86 bits per heavy atom. The van der Waals surface area contributed by atoms with Crippen LogP contribution >= 0.6 is 0 Å². The summed E-state index contributed by atoms with van der Waals surface area (Å²) in [4.78, 5) is 18.2. The van der Waals surface area contributed by atoms with E-state index in [1.54, 1.807) is 0 Å². The van der Waals surface area contributed by atoms with Gasteiger partial charge in [0.15, 0.2) is 5.60 Å². The van der Waals surface area contributed by atoms with E-state index in [2.05, 4.69) is 27.4 Å². The standard InChI is InChI=1S/C16H19N3O3/c1-12-13(19-7-3-2-4-14(19)17-12)10-18-8-5-16(6-9-18)11-21-15(20)22-16/h2-4,7H,5-6,8-11H2,1H3. The molecule has 2 aliphatic heterocycles. The van der Waals surface area contributed by atoms with Crippen LogP contribution < -0.4 is 0 Å². The van der Waals surface area contributed by atoms with E-state index >= 15 is 0 Å².